The summed E-state index contributed by atoms with van der Waals surface area (Å²) in [5, 5.41) is 0.243. The summed E-state index contributed by atoms with van der Waals surface area (Å²) < 4.78 is 41.2. The van der Waals surface area contributed by atoms with Gasteiger partial charge in [0.15, 0.2) is 0 Å². The van der Waals surface area contributed by atoms with Crippen LogP contribution < -0.4 is 4.72 Å². The summed E-state index contributed by atoms with van der Waals surface area (Å²) in [6.07, 6.45) is 0. The molecule has 2 aromatic rings. The van der Waals surface area contributed by atoms with E-state index in [4.69, 9.17) is 11.6 Å². The first kappa shape index (κ1) is 18.2. The van der Waals surface area contributed by atoms with E-state index in [2.05, 4.69) is 4.72 Å². The fraction of sp³-hybridized carbons (Fsp3) is 0.188. The minimum absolute atomic E-state index is 0.0119. The van der Waals surface area contributed by atoms with Crippen molar-refractivity contribution in [2.75, 3.05) is 18.8 Å². The molecule has 0 saturated heterocycles. The Morgan fingerprint density at radius 2 is 1.83 bits per heavy atom. The Morgan fingerprint density at radius 3 is 2.46 bits per heavy atom. The van der Waals surface area contributed by atoms with E-state index < -0.39 is 26.6 Å². The van der Waals surface area contributed by atoms with Crippen LogP contribution in [-0.4, -0.2) is 33.3 Å². The molecule has 0 fully saturated rings. The Labute approximate surface area is 145 Å². The molecule has 0 unspecified atom stereocenters. The second-order valence-corrected chi connectivity index (χ2v) is 7.52. The normalized spacial score (nSPS) is 11.2. The summed E-state index contributed by atoms with van der Waals surface area (Å²) in [7, 11) is -1.15. The third-order valence-electron chi connectivity index (χ3n) is 3.24. The first-order chi connectivity index (χ1) is 11.1. The average Bonchev–Trinajstić information content (AvgIpc) is 2.48. The van der Waals surface area contributed by atoms with Crippen molar-refractivity contribution in [1.29, 1.82) is 0 Å². The van der Waals surface area contributed by atoms with Crippen LogP contribution in [0.3, 0.4) is 0 Å². The molecule has 0 aliphatic rings. The van der Waals surface area contributed by atoms with Gasteiger partial charge >= 0.3 is 0 Å². The van der Waals surface area contributed by atoms with Crippen molar-refractivity contribution >= 4 is 33.2 Å². The molecule has 0 radical (unpaired) electrons. The molecule has 0 aromatic heterocycles. The number of hydrogen-bond donors (Lipinski definition) is 1. The van der Waals surface area contributed by atoms with Crippen molar-refractivity contribution in [1.82, 2.24) is 4.90 Å². The highest BCUT2D eigenvalue weighted by Gasteiger charge is 2.23. The van der Waals surface area contributed by atoms with Crippen molar-refractivity contribution in [2.45, 2.75) is 11.8 Å². The monoisotopic (exact) mass is 370 g/mol. The molecule has 1 N–H and O–H groups in total. The van der Waals surface area contributed by atoms with Crippen LogP contribution in [-0.2, 0) is 10.0 Å². The van der Waals surface area contributed by atoms with E-state index in [1.165, 1.54) is 49.3 Å². The molecule has 1 amide bonds. The summed E-state index contributed by atoms with van der Waals surface area (Å²) in [6.45, 7) is 1.65. The molecule has 0 aliphatic carbocycles. The van der Waals surface area contributed by atoms with Crippen LogP contribution >= 0.6 is 11.6 Å². The van der Waals surface area contributed by atoms with Crippen LogP contribution in [0.5, 0.6) is 0 Å². The Morgan fingerprint density at radius 1 is 1.17 bits per heavy atom. The molecule has 0 aliphatic heterocycles. The number of sulfonamides is 1. The van der Waals surface area contributed by atoms with Gasteiger partial charge in [-0.05, 0) is 42.8 Å². The van der Waals surface area contributed by atoms with E-state index in [1.807, 2.05) is 0 Å². The molecule has 24 heavy (non-hydrogen) atoms. The molecule has 0 atom stereocenters. The zero-order valence-electron chi connectivity index (χ0n) is 13.3. The van der Waals surface area contributed by atoms with Gasteiger partial charge in [0.1, 0.15) is 10.7 Å². The zero-order valence-corrected chi connectivity index (χ0v) is 14.9. The highest BCUT2D eigenvalue weighted by Crippen LogP contribution is 2.26. The lowest BCUT2D eigenvalue weighted by atomic mass is 10.1. The Kier molecular flexibility index (Phi) is 5.15. The Hall–Kier alpha value is -2.12. The third-order valence-corrected chi connectivity index (χ3v) is 4.85. The number of aryl methyl sites for hydroxylation is 1. The number of nitrogens with zero attached hydrogens (tertiary/aromatic N) is 1. The molecule has 2 aromatic carbocycles. The summed E-state index contributed by atoms with van der Waals surface area (Å²) in [4.78, 5) is 13.0. The predicted octanol–water partition coefficient (Wildman–Crippen LogP) is 3.29. The number of carbonyl (C=O) groups excluding carboxylic acids is 1. The second kappa shape index (κ2) is 6.78. The van der Waals surface area contributed by atoms with Crippen molar-refractivity contribution in [3.05, 3.63) is 58.4 Å². The molecule has 128 valence electrons. The highest BCUT2D eigenvalue weighted by atomic mass is 35.5. The van der Waals surface area contributed by atoms with E-state index >= 15 is 0 Å². The van der Waals surface area contributed by atoms with Gasteiger partial charge in [-0.15, -0.1) is 0 Å². The topological polar surface area (TPSA) is 66.5 Å². The van der Waals surface area contributed by atoms with Crippen molar-refractivity contribution in [3.63, 3.8) is 0 Å². The fourth-order valence-corrected chi connectivity index (χ4v) is 3.45. The maximum atomic E-state index is 13.9. The van der Waals surface area contributed by atoms with E-state index in [0.29, 0.717) is 5.56 Å². The summed E-state index contributed by atoms with van der Waals surface area (Å²) in [5.41, 5.74) is 0.690. The molecule has 0 heterocycles. The van der Waals surface area contributed by atoms with Crippen LogP contribution in [0.15, 0.2) is 41.3 Å². The lowest BCUT2D eigenvalue weighted by molar-refractivity contribution is 0.0828. The van der Waals surface area contributed by atoms with Gasteiger partial charge < -0.3 is 4.90 Å². The number of benzene rings is 2. The molecule has 8 heteroatoms. The van der Waals surface area contributed by atoms with E-state index in [1.54, 1.807) is 6.92 Å². The van der Waals surface area contributed by atoms with Gasteiger partial charge in [0, 0.05) is 19.1 Å². The first-order valence-corrected chi connectivity index (χ1v) is 8.78. The number of nitrogens with one attached hydrogen (secondary N) is 1. The summed E-state index contributed by atoms with van der Waals surface area (Å²) >= 11 is 5.90. The fourth-order valence-electron chi connectivity index (χ4n) is 2.04. The van der Waals surface area contributed by atoms with E-state index in [0.717, 1.165) is 6.07 Å². The summed E-state index contributed by atoms with van der Waals surface area (Å²) in [6, 6.07) is 7.96. The maximum Gasteiger partial charge on any atom is 0.264 e. The minimum atomic E-state index is -4.22. The largest absolute Gasteiger partial charge is 0.345 e. The molecule has 5 nitrogen and oxygen atoms in total. The lowest BCUT2D eigenvalue weighted by Gasteiger charge is -2.16. The number of halogens is 2. The molecule has 0 spiro atoms. The number of anilines is 1. The van der Waals surface area contributed by atoms with Gasteiger partial charge in [-0.1, -0.05) is 17.7 Å². The van der Waals surface area contributed by atoms with Gasteiger partial charge in [0.05, 0.1) is 11.3 Å². The van der Waals surface area contributed by atoms with Crippen LogP contribution in [0.4, 0.5) is 10.1 Å². The SMILES string of the molecule is Cc1ccc(F)c(S(=O)(=O)Nc2cc(Cl)ccc2C(=O)N(C)C)c1. The van der Waals surface area contributed by atoms with Crippen molar-refractivity contribution in [3.8, 4) is 0 Å². The predicted molar refractivity (Wildman–Crippen MR) is 91.4 cm³/mol. The maximum absolute atomic E-state index is 13.9. The van der Waals surface area contributed by atoms with Crippen molar-refractivity contribution < 1.29 is 17.6 Å². The summed E-state index contributed by atoms with van der Waals surface area (Å²) in [5.74, 6) is -1.29. The highest BCUT2D eigenvalue weighted by molar-refractivity contribution is 7.92. The third kappa shape index (κ3) is 3.85. The van der Waals surface area contributed by atoms with Crippen LogP contribution in [0, 0.1) is 12.7 Å². The van der Waals surface area contributed by atoms with Gasteiger partial charge in [-0.2, -0.15) is 0 Å². The smallest absolute Gasteiger partial charge is 0.264 e. The number of carbonyl (C=O) groups is 1. The van der Waals surface area contributed by atoms with Gasteiger partial charge in [0.25, 0.3) is 15.9 Å². The lowest BCUT2D eigenvalue weighted by Crippen LogP contribution is -2.24. The Bertz CT molecular complexity index is 898. The molecular weight excluding hydrogens is 355 g/mol. The van der Waals surface area contributed by atoms with Gasteiger partial charge in [0.2, 0.25) is 0 Å². The number of amides is 1. The molecule has 2 rings (SSSR count). The van der Waals surface area contributed by atoms with Crippen molar-refractivity contribution in [2.24, 2.45) is 0 Å². The van der Waals surface area contributed by atoms with Gasteiger partial charge in [-0.25, -0.2) is 12.8 Å². The van der Waals surface area contributed by atoms with Crippen LogP contribution in [0.25, 0.3) is 0 Å². The van der Waals surface area contributed by atoms with Gasteiger partial charge in [-0.3, -0.25) is 9.52 Å². The van der Waals surface area contributed by atoms with E-state index in [-0.39, 0.29) is 16.3 Å². The van der Waals surface area contributed by atoms with E-state index in [9.17, 15) is 17.6 Å². The first-order valence-electron chi connectivity index (χ1n) is 6.92. The second-order valence-electron chi connectivity index (χ2n) is 5.43. The molecule has 0 saturated carbocycles. The average molecular weight is 371 g/mol. The quantitative estimate of drug-likeness (QED) is 0.898. The zero-order chi connectivity index (χ0) is 18.1. The van der Waals surface area contributed by atoms with Crippen LogP contribution in [0.2, 0.25) is 5.02 Å². The minimum Gasteiger partial charge on any atom is -0.345 e. The standard InChI is InChI=1S/C16H16ClFN2O3S/c1-10-4-7-13(18)15(8-10)24(22,23)19-14-9-11(17)5-6-12(14)16(21)20(2)3/h4-9,19H,1-3H3. The van der Waals surface area contributed by atoms with Crippen LogP contribution in [0.1, 0.15) is 15.9 Å². The Balaban J connectivity index is 2.52. The molecule has 0 bridgehead atoms. The number of hydrogen-bond acceptors (Lipinski definition) is 3. The number of rotatable bonds is 4. The molecular formula is C16H16ClFN2O3S.